The molecule has 0 fully saturated rings. The third-order valence-electron chi connectivity index (χ3n) is 5.78. The van der Waals surface area contributed by atoms with Gasteiger partial charge >= 0.3 is 0 Å². The highest BCUT2D eigenvalue weighted by atomic mass is 32.1. The van der Waals surface area contributed by atoms with Gasteiger partial charge in [0.1, 0.15) is 5.78 Å². The van der Waals surface area contributed by atoms with Crippen LogP contribution in [0.2, 0.25) is 0 Å². The van der Waals surface area contributed by atoms with Gasteiger partial charge in [-0.1, -0.05) is 64.9 Å². The van der Waals surface area contributed by atoms with Crippen LogP contribution in [0.4, 0.5) is 5.69 Å². The van der Waals surface area contributed by atoms with Gasteiger partial charge in [0.25, 0.3) is 0 Å². The van der Waals surface area contributed by atoms with Gasteiger partial charge in [-0.3, -0.25) is 14.0 Å². The van der Waals surface area contributed by atoms with Crippen LogP contribution in [-0.4, -0.2) is 21.1 Å². The Balaban J connectivity index is 1.18. The maximum Gasteiger partial charge on any atom is 0.224 e. The molecule has 5 aromatic rings. The van der Waals surface area contributed by atoms with E-state index in [1.807, 2.05) is 68.6 Å². The molecule has 3 aromatic carbocycles. The Morgan fingerprint density at radius 3 is 2.44 bits per heavy atom. The van der Waals surface area contributed by atoms with Gasteiger partial charge in [0, 0.05) is 36.7 Å². The zero-order valence-electron chi connectivity index (χ0n) is 19.2. The van der Waals surface area contributed by atoms with Gasteiger partial charge in [0.05, 0.1) is 15.9 Å². The largest absolute Gasteiger partial charge is 0.326 e. The van der Waals surface area contributed by atoms with Crippen molar-refractivity contribution in [3.8, 4) is 11.3 Å². The van der Waals surface area contributed by atoms with E-state index in [9.17, 15) is 9.59 Å². The predicted molar refractivity (Wildman–Crippen MR) is 139 cm³/mol. The number of hydrogen-bond donors (Lipinski definition) is 1. The second-order valence-electron chi connectivity index (χ2n) is 8.69. The number of carbonyl (C=O) groups is 2. The van der Waals surface area contributed by atoms with Crippen LogP contribution < -0.4 is 5.32 Å². The lowest BCUT2D eigenvalue weighted by molar-refractivity contribution is -0.122. The normalized spacial score (nSPS) is 11.2. The van der Waals surface area contributed by atoms with Crippen LogP contribution in [0.25, 0.3) is 26.4 Å². The molecule has 5 nitrogen and oxygen atoms in total. The monoisotopic (exact) mass is 467 g/mol. The van der Waals surface area contributed by atoms with E-state index in [0.717, 1.165) is 38.4 Å². The quantitative estimate of drug-likeness (QED) is 0.303. The average molecular weight is 468 g/mol. The number of benzene rings is 3. The number of ketones is 1. The summed E-state index contributed by atoms with van der Waals surface area (Å²) in [7, 11) is 0. The first-order chi connectivity index (χ1) is 16.4. The van der Waals surface area contributed by atoms with Crippen molar-refractivity contribution in [2.45, 2.75) is 33.1 Å². The minimum atomic E-state index is -0.157. The molecule has 6 heteroatoms. The maximum absolute atomic E-state index is 12.4. The molecule has 0 aliphatic carbocycles. The molecule has 1 N–H and O–H groups in total. The van der Waals surface area contributed by atoms with Crippen molar-refractivity contribution in [1.82, 2.24) is 9.38 Å². The fourth-order valence-corrected chi connectivity index (χ4v) is 5.28. The van der Waals surface area contributed by atoms with Crippen molar-refractivity contribution in [3.63, 3.8) is 0 Å². The Morgan fingerprint density at radius 2 is 1.68 bits per heavy atom. The number of imidazole rings is 1. The number of hydrogen-bond acceptors (Lipinski definition) is 4. The molecule has 0 saturated carbocycles. The molecule has 5 rings (SSSR count). The van der Waals surface area contributed by atoms with Gasteiger partial charge in [-0.15, -0.1) is 0 Å². The summed E-state index contributed by atoms with van der Waals surface area (Å²) >= 11 is 1.67. The number of Topliss-reactive ketones (excluding diaryl/α,β-unsaturated/α-hetero) is 1. The van der Waals surface area contributed by atoms with E-state index >= 15 is 0 Å². The second kappa shape index (κ2) is 9.23. The van der Waals surface area contributed by atoms with E-state index < -0.39 is 0 Å². The lowest BCUT2D eigenvalue weighted by Crippen LogP contribution is -2.14. The molecule has 2 aromatic heterocycles. The van der Waals surface area contributed by atoms with Crippen LogP contribution in [0.1, 0.15) is 29.5 Å². The smallest absolute Gasteiger partial charge is 0.224 e. The summed E-state index contributed by atoms with van der Waals surface area (Å²) in [5, 5.41) is 2.89. The molecular weight excluding hydrogens is 442 g/mol. The molecule has 0 atom stereocenters. The van der Waals surface area contributed by atoms with Crippen LogP contribution in [0.15, 0.2) is 72.9 Å². The van der Waals surface area contributed by atoms with E-state index in [-0.39, 0.29) is 24.5 Å². The first-order valence-corrected chi connectivity index (χ1v) is 12.1. The van der Waals surface area contributed by atoms with Gasteiger partial charge in [-0.05, 0) is 43.7 Å². The summed E-state index contributed by atoms with van der Waals surface area (Å²) in [5.74, 6) is -0.0849. The fraction of sp³-hybridized carbons (Fsp3) is 0.179. The summed E-state index contributed by atoms with van der Waals surface area (Å²) in [6.07, 6.45) is 2.82. The van der Waals surface area contributed by atoms with E-state index in [2.05, 4.69) is 27.9 Å². The molecule has 0 unspecified atom stereocenters. The van der Waals surface area contributed by atoms with Crippen LogP contribution in [-0.2, 0) is 16.0 Å². The van der Waals surface area contributed by atoms with Crippen molar-refractivity contribution < 1.29 is 9.59 Å². The molecule has 2 heterocycles. The number of para-hydroxylation sites is 1. The Bertz CT molecular complexity index is 1490. The summed E-state index contributed by atoms with van der Waals surface area (Å²) in [5.41, 5.74) is 7.04. The Morgan fingerprint density at radius 1 is 0.941 bits per heavy atom. The van der Waals surface area contributed by atoms with Gasteiger partial charge in [0.2, 0.25) is 5.91 Å². The van der Waals surface area contributed by atoms with Crippen LogP contribution in [0.5, 0.6) is 0 Å². The van der Waals surface area contributed by atoms with Crippen LogP contribution >= 0.6 is 11.3 Å². The minimum Gasteiger partial charge on any atom is -0.326 e. The number of fused-ring (bicyclic) bond motifs is 3. The Kier molecular flexibility index (Phi) is 5.99. The number of nitrogens with zero attached hydrogens (tertiary/aromatic N) is 2. The van der Waals surface area contributed by atoms with Crippen molar-refractivity contribution in [3.05, 3.63) is 89.6 Å². The SMILES string of the molecule is Cc1cc(C)cc(CC(=O)CCC(=O)Nc2ccc(-c3cn4c(n3)sc3ccccc34)cc2)c1. The number of aromatic nitrogens is 2. The molecule has 0 bridgehead atoms. The summed E-state index contributed by atoms with van der Waals surface area (Å²) in [6.45, 7) is 4.05. The van der Waals surface area contributed by atoms with Gasteiger partial charge in [0.15, 0.2) is 4.96 Å². The van der Waals surface area contributed by atoms with Crippen molar-refractivity contribution >= 4 is 43.9 Å². The number of anilines is 1. The Labute approximate surface area is 202 Å². The first kappa shape index (κ1) is 22.0. The van der Waals surface area contributed by atoms with Gasteiger partial charge in [-0.25, -0.2) is 4.98 Å². The van der Waals surface area contributed by atoms with E-state index in [4.69, 9.17) is 4.98 Å². The topological polar surface area (TPSA) is 63.5 Å². The number of rotatable bonds is 7. The molecule has 1 amide bonds. The molecule has 170 valence electrons. The fourth-order valence-electron chi connectivity index (χ4n) is 4.28. The molecule has 34 heavy (non-hydrogen) atoms. The number of amides is 1. The average Bonchev–Trinajstić information content (AvgIpc) is 3.36. The number of thiazole rings is 1. The van der Waals surface area contributed by atoms with Gasteiger partial charge in [-0.2, -0.15) is 0 Å². The van der Waals surface area contributed by atoms with Crippen molar-refractivity contribution in [1.29, 1.82) is 0 Å². The predicted octanol–water partition coefficient (Wildman–Crippen LogP) is 6.36. The molecule has 0 spiro atoms. The molecule has 0 radical (unpaired) electrons. The van der Waals surface area contributed by atoms with E-state index in [0.29, 0.717) is 12.1 Å². The summed E-state index contributed by atoms with van der Waals surface area (Å²) < 4.78 is 3.32. The highest BCUT2D eigenvalue weighted by molar-refractivity contribution is 7.23. The van der Waals surface area contributed by atoms with Gasteiger partial charge < -0.3 is 5.32 Å². The standard InChI is InChI=1S/C28H25N3O2S/c1-18-13-19(2)15-20(14-18)16-23(32)11-12-27(33)29-22-9-7-21(8-10-22)24-17-31-25-5-3-4-6-26(25)34-28(31)30-24/h3-10,13-15,17H,11-12,16H2,1-2H3,(H,29,33). The highest BCUT2D eigenvalue weighted by Gasteiger charge is 2.12. The third-order valence-corrected chi connectivity index (χ3v) is 6.81. The highest BCUT2D eigenvalue weighted by Crippen LogP contribution is 2.29. The number of nitrogens with one attached hydrogen (secondary N) is 1. The lowest BCUT2D eigenvalue weighted by Gasteiger charge is -2.07. The van der Waals surface area contributed by atoms with E-state index in [1.54, 1.807) is 11.3 Å². The first-order valence-electron chi connectivity index (χ1n) is 11.3. The van der Waals surface area contributed by atoms with E-state index in [1.165, 1.54) is 4.70 Å². The zero-order chi connectivity index (χ0) is 23.7. The zero-order valence-corrected chi connectivity index (χ0v) is 20.0. The Hall–Kier alpha value is -3.77. The summed E-state index contributed by atoms with van der Waals surface area (Å²) in [4.78, 5) is 30.4. The van der Waals surface area contributed by atoms with Crippen LogP contribution in [0.3, 0.4) is 0 Å². The minimum absolute atomic E-state index is 0.0720. The molecule has 0 saturated heterocycles. The second-order valence-corrected chi connectivity index (χ2v) is 9.69. The lowest BCUT2D eigenvalue weighted by atomic mass is 10.0. The number of aryl methyl sites for hydroxylation is 2. The molecule has 0 aliphatic rings. The van der Waals surface area contributed by atoms with Crippen molar-refractivity contribution in [2.24, 2.45) is 0 Å². The maximum atomic E-state index is 12.4. The molecule has 0 aliphatic heterocycles. The number of carbonyl (C=O) groups excluding carboxylic acids is 2. The van der Waals surface area contributed by atoms with Crippen LogP contribution in [0, 0.1) is 13.8 Å². The summed E-state index contributed by atoms with van der Waals surface area (Å²) in [6, 6.07) is 22.0. The van der Waals surface area contributed by atoms with Crippen molar-refractivity contribution in [2.75, 3.05) is 5.32 Å². The third kappa shape index (κ3) is 4.77. The molecular formula is C28H25N3O2S.